The van der Waals surface area contributed by atoms with Gasteiger partial charge in [-0.2, -0.15) is 26.3 Å². The summed E-state index contributed by atoms with van der Waals surface area (Å²) >= 11 is 1.45. The van der Waals surface area contributed by atoms with Crippen LogP contribution < -0.4 is 0 Å². The zero-order chi connectivity index (χ0) is 22.4. The molecule has 0 radical (unpaired) electrons. The van der Waals surface area contributed by atoms with Crippen LogP contribution in [0.15, 0.2) is 60.7 Å². The Morgan fingerprint density at radius 2 is 0.750 bits per heavy atom. The van der Waals surface area contributed by atoms with Crippen LogP contribution in [0.25, 0.3) is 52.5 Å². The van der Waals surface area contributed by atoms with Gasteiger partial charge in [0.2, 0.25) is 0 Å². The van der Waals surface area contributed by atoms with Crippen LogP contribution in [0.1, 0.15) is 9.75 Å². The zero-order valence-corrected chi connectivity index (χ0v) is 17.5. The minimum absolute atomic E-state index is 0.537. The van der Waals surface area contributed by atoms with Crippen molar-refractivity contribution in [2.75, 3.05) is 0 Å². The van der Waals surface area contributed by atoms with Gasteiger partial charge in [-0.25, -0.2) is 0 Å². The van der Waals surface area contributed by atoms with E-state index in [9.17, 15) is 26.3 Å². The van der Waals surface area contributed by atoms with E-state index in [-0.39, 0.29) is 0 Å². The molecule has 0 unspecified atom stereocenters. The molecule has 8 heteroatoms. The van der Waals surface area contributed by atoms with Crippen LogP contribution in [0.5, 0.6) is 0 Å². The van der Waals surface area contributed by atoms with Crippen molar-refractivity contribution in [3.8, 4) is 0 Å². The fourth-order valence-electron chi connectivity index (χ4n) is 4.31. The minimum Gasteiger partial charge on any atom is -0.165 e. The quantitative estimate of drug-likeness (QED) is 0.151. The summed E-state index contributed by atoms with van der Waals surface area (Å²) in [4.78, 5) is -1.28. The molecule has 32 heavy (non-hydrogen) atoms. The van der Waals surface area contributed by atoms with E-state index in [4.69, 9.17) is 0 Å². The molecule has 0 saturated heterocycles. The summed E-state index contributed by atoms with van der Waals surface area (Å²) < 4.78 is 80.3. The Kier molecular flexibility index (Phi) is 3.94. The molecule has 0 aliphatic carbocycles. The topological polar surface area (TPSA) is 0 Å². The predicted molar refractivity (Wildman–Crippen MR) is 120 cm³/mol. The van der Waals surface area contributed by atoms with Crippen molar-refractivity contribution in [2.24, 2.45) is 0 Å². The number of thiophene rings is 2. The van der Waals surface area contributed by atoms with Crippen molar-refractivity contribution in [1.82, 2.24) is 0 Å². The lowest BCUT2D eigenvalue weighted by molar-refractivity contribution is -0.135. The molecule has 6 aromatic rings. The molecule has 0 fully saturated rings. The van der Waals surface area contributed by atoms with Crippen molar-refractivity contribution in [3.05, 3.63) is 70.4 Å². The van der Waals surface area contributed by atoms with Crippen LogP contribution in [0, 0.1) is 0 Å². The summed E-state index contributed by atoms with van der Waals surface area (Å²) in [5.74, 6) is 0. The second-order valence-corrected chi connectivity index (χ2v) is 9.71. The normalized spacial score (nSPS) is 13.3. The molecule has 0 saturated carbocycles. The van der Waals surface area contributed by atoms with Crippen molar-refractivity contribution in [3.63, 3.8) is 0 Å². The van der Waals surface area contributed by atoms with Gasteiger partial charge in [0.15, 0.2) is 0 Å². The average Bonchev–Trinajstić information content (AvgIpc) is 3.37. The smallest absolute Gasteiger partial charge is 0.165 e. The number of rotatable bonds is 0. The number of fused-ring (bicyclic) bond motifs is 9. The van der Waals surface area contributed by atoms with Crippen LogP contribution in [0.2, 0.25) is 0 Å². The van der Waals surface area contributed by atoms with Crippen LogP contribution in [0.4, 0.5) is 26.3 Å². The fourth-order valence-corrected chi connectivity index (χ4v) is 6.42. The van der Waals surface area contributed by atoms with Gasteiger partial charge in [-0.3, -0.25) is 0 Å². The third-order valence-corrected chi connectivity index (χ3v) is 8.17. The van der Waals surface area contributed by atoms with Gasteiger partial charge in [0.05, 0.1) is 0 Å². The number of hydrogen-bond donors (Lipinski definition) is 0. The molecule has 2 heterocycles. The fraction of sp³-hybridized carbons (Fsp3) is 0.0833. The molecule has 160 valence electrons. The molecular weight excluding hydrogens is 466 g/mol. The third kappa shape index (κ3) is 2.82. The van der Waals surface area contributed by atoms with Gasteiger partial charge in [-0.15, -0.1) is 22.7 Å². The van der Waals surface area contributed by atoms with Crippen LogP contribution in [-0.2, 0) is 12.4 Å². The Morgan fingerprint density at radius 3 is 1.12 bits per heavy atom. The van der Waals surface area contributed by atoms with E-state index >= 15 is 0 Å². The molecule has 0 spiro atoms. The van der Waals surface area contributed by atoms with Crippen molar-refractivity contribution in [1.29, 1.82) is 0 Å². The maximum Gasteiger partial charge on any atom is 0.425 e. The molecule has 0 aliphatic rings. The molecule has 0 nitrogen and oxygen atoms in total. The van der Waals surface area contributed by atoms with Gasteiger partial charge in [0.25, 0.3) is 0 Å². The van der Waals surface area contributed by atoms with Gasteiger partial charge < -0.3 is 0 Å². The Hall–Kier alpha value is -2.84. The van der Waals surface area contributed by atoms with Gasteiger partial charge in [-0.1, -0.05) is 48.5 Å². The molecular formula is C24H10F6S2. The SMILES string of the molecule is FC(F)(F)c1cc2ccc3c4ccc5c(ccc6cc(C(F)(F)F)sc65)c4ccc3c2s1. The molecule has 0 amide bonds. The number of alkyl halides is 6. The highest BCUT2D eigenvalue weighted by Gasteiger charge is 2.34. The summed E-state index contributed by atoms with van der Waals surface area (Å²) in [5.41, 5.74) is 0. The van der Waals surface area contributed by atoms with Crippen LogP contribution in [-0.4, -0.2) is 0 Å². The number of hydrogen-bond acceptors (Lipinski definition) is 2. The van der Waals surface area contributed by atoms with E-state index in [1.807, 2.05) is 24.3 Å². The van der Waals surface area contributed by atoms with Crippen LogP contribution in [0.3, 0.4) is 0 Å². The molecule has 6 rings (SSSR count). The summed E-state index contributed by atoms with van der Waals surface area (Å²) in [6, 6.07) is 16.6. The lowest BCUT2D eigenvalue weighted by atomic mass is 9.96. The Morgan fingerprint density at radius 1 is 0.438 bits per heavy atom. The third-order valence-electron chi connectivity index (χ3n) is 5.71. The van der Waals surface area contributed by atoms with E-state index in [0.717, 1.165) is 67.1 Å². The lowest BCUT2D eigenvalue weighted by Crippen LogP contribution is -2.00. The predicted octanol–water partition coefficient (Wildman–Crippen LogP) is 9.61. The van der Waals surface area contributed by atoms with Gasteiger partial charge in [0, 0.05) is 20.2 Å². The van der Waals surface area contributed by atoms with Crippen molar-refractivity contribution < 1.29 is 26.3 Å². The van der Waals surface area contributed by atoms with E-state index in [1.165, 1.54) is 0 Å². The van der Waals surface area contributed by atoms with Crippen molar-refractivity contribution >= 4 is 75.2 Å². The van der Waals surface area contributed by atoms with E-state index in [0.29, 0.717) is 20.2 Å². The lowest BCUT2D eigenvalue weighted by Gasteiger charge is -2.09. The molecule has 0 aliphatic heterocycles. The first-order chi connectivity index (χ1) is 15.1. The molecule has 2 aromatic heterocycles. The first kappa shape index (κ1) is 19.8. The second-order valence-electron chi connectivity index (χ2n) is 7.60. The maximum atomic E-state index is 13.2. The summed E-state index contributed by atoms with van der Waals surface area (Å²) in [5, 5.41) is 5.86. The minimum atomic E-state index is -4.40. The highest BCUT2D eigenvalue weighted by molar-refractivity contribution is 7.20. The van der Waals surface area contributed by atoms with E-state index < -0.39 is 22.1 Å². The van der Waals surface area contributed by atoms with Gasteiger partial charge in [-0.05, 0) is 44.5 Å². The first-order valence-electron chi connectivity index (χ1n) is 9.50. The first-order valence-corrected chi connectivity index (χ1v) is 11.1. The number of benzene rings is 4. The maximum absolute atomic E-state index is 13.2. The van der Waals surface area contributed by atoms with Gasteiger partial charge >= 0.3 is 12.4 Å². The molecule has 0 atom stereocenters. The summed E-state index contributed by atoms with van der Waals surface area (Å²) in [6.45, 7) is 0. The summed E-state index contributed by atoms with van der Waals surface area (Å²) in [7, 11) is 0. The second kappa shape index (κ2) is 6.36. The van der Waals surface area contributed by atoms with E-state index in [2.05, 4.69) is 0 Å². The Balaban J connectivity index is 1.66. The highest BCUT2D eigenvalue weighted by atomic mass is 32.1. The van der Waals surface area contributed by atoms with Crippen molar-refractivity contribution in [2.45, 2.75) is 12.4 Å². The monoisotopic (exact) mass is 476 g/mol. The number of halogens is 6. The molecule has 0 bridgehead atoms. The molecule has 0 N–H and O–H groups in total. The summed E-state index contributed by atoms with van der Waals surface area (Å²) in [6.07, 6.45) is -8.80. The Labute approximate surface area is 184 Å². The molecule has 4 aromatic carbocycles. The largest absolute Gasteiger partial charge is 0.425 e. The zero-order valence-electron chi connectivity index (χ0n) is 15.9. The standard InChI is InChI=1S/C24H10F6S2/c25-23(26,27)19-9-11-1-3-15-13-5-8-18-16(14(13)6-7-17(15)21(11)31-19)4-2-12-10-20(24(28,29)30)32-22(12)18/h1-10H. The van der Waals surface area contributed by atoms with Gasteiger partial charge in [0.1, 0.15) is 9.75 Å². The van der Waals surface area contributed by atoms with Crippen LogP contribution >= 0.6 is 22.7 Å². The Bertz CT molecular complexity index is 1570. The van der Waals surface area contributed by atoms with E-state index in [1.54, 1.807) is 24.3 Å². The average molecular weight is 476 g/mol. The highest BCUT2D eigenvalue weighted by Crippen LogP contribution is 2.45.